The zero-order chi connectivity index (χ0) is 13.4. The lowest BCUT2D eigenvalue weighted by atomic mass is 10.1. The van der Waals surface area contributed by atoms with Crippen molar-refractivity contribution < 1.29 is 4.74 Å². The second kappa shape index (κ2) is 5.87. The summed E-state index contributed by atoms with van der Waals surface area (Å²) in [6, 6.07) is 1.46. The summed E-state index contributed by atoms with van der Waals surface area (Å²) in [5.41, 5.74) is 0. The molecule has 0 amide bonds. The van der Waals surface area contributed by atoms with Crippen molar-refractivity contribution in [2.75, 3.05) is 72.1 Å². The van der Waals surface area contributed by atoms with Gasteiger partial charge in [-0.2, -0.15) is 0 Å². The summed E-state index contributed by atoms with van der Waals surface area (Å²) in [7, 11) is 0. The summed E-state index contributed by atoms with van der Waals surface area (Å²) in [6.07, 6.45) is 0.434. The van der Waals surface area contributed by atoms with Gasteiger partial charge in [-0.15, -0.1) is 0 Å². The molecule has 0 aromatic rings. The fourth-order valence-corrected chi connectivity index (χ4v) is 3.62. The molecule has 1 unspecified atom stereocenters. The quantitative estimate of drug-likeness (QED) is 0.662. The molecule has 0 spiro atoms. The zero-order valence-corrected chi connectivity index (χ0v) is 12.2. The molecular weight excluding hydrogens is 254 g/mol. The highest BCUT2D eigenvalue weighted by Crippen LogP contribution is 2.17. The molecule has 1 radical (unpaired) electrons. The van der Waals surface area contributed by atoms with Gasteiger partial charge in [-0.05, 0) is 0 Å². The van der Waals surface area contributed by atoms with Crippen LogP contribution in [0.2, 0.25) is 0 Å². The summed E-state index contributed by atoms with van der Waals surface area (Å²) < 4.78 is 5.30. The van der Waals surface area contributed by atoms with Gasteiger partial charge < -0.3 is 10.1 Å². The van der Waals surface area contributed by atoms with Gasteiger partial charge in [-0.3, -0.25) is 14.7 Å². The molecule has 4 saturated heterocycles. The third kappa shape index (κ3) is 2.61. The number of ether oxygens (including phenoxy) is 1. The molecule has 0 aromatic carbocycles. The van der Waals surface area contributed by atoms with Gasteiger partial charge in [0, 0.05) is 64.9 Å². The van der Waals surface area contributed by atoms with Crippen LogP contribution in [0.1, 0.15) is 0 Å². The molecule has 6 nitrogen and oxygen atoms in total. The Morgan fingerprint density at radius 1 is 0.850 bits per heavy atom. The van der Waals surface area contributed by atoms with Gasteiger partial charge in [0.25, 0.3) is 0 Å². The van der Waals surface area contributed by atoms with E-state index < -0.39 is 0 Å². The molecule has 4 fully saturated rings. The Balaban J connectivity index is 1.27. The fraction of sp³-hybridized carbons (Fsp3) is 1.00. The molecule has 20 heavy (non-hydrogen) atoms. The molecule has 4 rings (SSSR count). The molecule has 6 heteroatoms. The van der Waals surface area contributed by atoms with Crippen LogP contribution in [-0.2, 0) is 4.74 Å². The van der Waals surface area contributed by atoms with Gasteiger partial charge in [-0.25, -0.2) is 5.32 Å². The van der Waals surface area contributed by atoms with E-state index in [0.29, 0.717) is 12.2 Å². The van der Waals surface area contributed by atoms with E-state index in [1.54, 1.807) is 0 Å². The van der Waals surface area contributed by atoms with Crippen LogP contribution in [0.5, 0.6) is 0 Å². The average Bonchev–Trinajstić information content (AvgIpc) is 2.36. The van der Waals surface area contributed by atoms with Crippen LogP contribution < -0.4 is 10.6 Å². The van der Waals surface area contributed by atoms with Gasteiger partial charge >= 0.3 is 0 Å². The maximum absolute atomic E-state index is 5.30. The normalized spacial score (nSPS) is 35.7. The average molecular weight is 280 g/mol. The highest BCUT2D eigenvalue weighted by molar-refractivity contribution is 4.91. The van der Waals surface area contributed by atoms with E-state index in [4.69, 9.17) is 10.1 Å². The molecule has 4 aliphatic heterocycles. The van der Waals surface area contributed by atoms with Crippen molar-refractivity contribution in [1.82, 2.24) is 25.3 Å². The van der Waals surface area contributed by atoms with Crippen molar-refractivity contribution in [2.45, 2.75) is 18.2 Å². The molecular formula is C14H26N5O. The van der Waals surface area contributed by atoms with Crippen LogP contribution >= 0.6 is 0 Å². The second-order valence-electron chi connectivity index (χ2n) is 6.46. The minimum Gasteiger partial charge on any atom is -0.378 e. The fourth-order valence-electron chi connectivity index (χ4n) is 3.62. The molecule has 0 aromatic heterocycles. The van der Waals surface area contributed by atoms with Gasteiger partial charge in [-0.1, -0.05) is 0 Å². The molecule has 0 saturated carbocycles. The maximum atomic E-state index is 5.30. The SMILES string of the molecule is C1CN(C2CNC2)CC(N2CCN(C3COC3)CC2)[N]1. The van der Waals surface area contributed by atoms with Crippen LogP contribution in [0.4, 0.5) is 0 Å². The third-order valence-electron chi connectivity index (χ3n) is 5.31. The summed E-state index contributed by atoms with van der Waals surface area (Å²) in [5, 5.41) is 8.25. The van der Waals surface area contributed by atoms with Crippen molar-refractivity contribution in [3.8, 4) is 0 Å². The number of hydrogen-bond acceptors (Lipinski definition) is 5. The highest BCUT2D eigenvalue weighted by Gasteiger charge is 2.35. The molecule has 1 N–H and O–H groups in total. The minimum absolute atomic E-state index is 0.434. The van der Waals surface area contributed by atoms with Gasteiger partial charge in [0.2, 0.25) is 0 Å². The van der Waals surface area contributed by atoms with Crippen LogP contribution in [0.15, 0.2) is 0 Å². The van der Waals surface area contributed by atoms with Gasteiger partial charge in [0.15, 0.2) is 0 Å². The largest absolute Gasteiger partial charge is 0.378 e. The van der Waals surface area contributed by atoms with E-state index in [2.05, 4.69) is 20.0 Å². The second-order valence-corrected chi connectivity index (χ2v) is 6.46. The van der Waals surface area contributed by atoms with Crippen LogP contribution in [-0.4, -0.2) is 105 Å². The van der Waals surface area contributed by atoms with E-state index >= 15 is 0 Å². The topological polar surface area (TPSA) is 45.1 Å². The lowest BCUT2D eigenvalue weighted by Crippen LogP contribution is -2.66. The monoisotopic (exact) mass is 280 g/mol. The van der Waals surface area contributed by atoms with Crippen LogP contribution in [0.25, 0.3) is 0 Å². The predicted molar refractivity (Wildman–Crippen MR) is 76.8 cm³/mol. The Morgan fingerprint density at radius 3 is 2.20 bits per heavy atom. The van der Waals surface area contributed by atoms with Crippen molar-refractivity contribution in [2.24, 2.45) is 0 Å². The van der Waals surface area contributed by atoms with E-state index in [-0.39, 0.29) is 0 Å². The van der Waals surface area contributed by atoms with Crippen LogP contribution in [0, 0.1) is 0 Å². The summed E-state index contributed by atoms with van der Waals surface area (Å²) in [4.78, 5) is 7.82. The lowest BCUT2D eigenvalue weighted by Gasteiger charge is -2.48. The first-order chi connectivity index (χ1) is 9.90. The van der Waals surface area contributed by atoms with Crippen molar-refractivity contribution >= 4 is 0 Å². The Labute approximate surface area is 121 Å². The lowest BCUT2D eigenvalue weighted by molar-refractivity contribution is -0.0839. The molecule has 4 aliphatic rings. The molecule has 0 aliphatic carbocycles. The Morgan fingerprint density at radius 2 is 1.60 bits per heavy atom. The Kier molecular flexibility index (Phi) is 3.94. The van der Waals surface area contributed by atoms with E-state index in [1.807, 2.05) is 0 Å². The van der Waals surface area contributed by atoms with Crippen LogP contribution in [0.3, 0.4) is 0 Å². The molecule has 113 valence electrons. The number of nitrogens with zero attached hydrogens (tertiary/aromatic N) is 4. The third-order valence-corrected chi connectivity index (χ3v) is 5.31. The standard InChI is InChI=1S/C14H26N5O/c1-2-19(12-7-15-8-12)9-14(16-1)18-5-3-17(4-6-18)13-10-20-11-13/h12-15H,1-11H2. The Hall–Kier alpha value is -0.240. The number of nitrogens with one attached hydrogen (secondary N) is 1. The first-order valence-corrected chi connectivity index (χ1v) is 8.07. The van der Waals surface area contributed by atoms with Gasteiger partial charge in [0.05, 0.1) is 25.4 Å². The van der Waals surface area contributed by atoms with E-state index in [1.165, 1.54) is 39.3 Å². The van der Waals surface area contributed by atoms with E-state index in [0.717, 1.165) is 38.9 Å². The summed E-state index contributed by atoms with van der Waals surface area (Å²) >= 11 is 0. The van der Waals surface area contributed by atoms with E-state index in [9.17, 15) is 0 Å². The van der Waals surface area contributed by atoms with Crippen molar-refractivity contribution in [3.05, 3.63) is 0 Å². The zero-order valence-electron chi connectivity index (χ0n) is 12.2. The highest BCUT2D eigenvalue weighted by atomic mass is 16.5. The number of hydrogen-bond donors (Lipinski definition) is 1. The molecule has 1 atom stereocenters. The van der Waals surface area contributed by atoms with Crippen molar-refractivity contribution in [3.63, 3.8) is 0 Å². The Bertz CT molecular complexity index is 326. The minimum atomic E-state index is 0.434. The summed E-state index contributed by atoms with van der Waals surface area (Å²) in [6.45, 7) is 12.2. The maximum Gasteiger partial charge on any atom is 0.0891 e. The van der Waals surface area contributed by atoms with Crippen molar-refractivity contribution in [1.29, 1.82) is 0 Å². The smallest absolute Gasteiger partial charge is 0.0891 e. The van der Waals surface area contributed by atoms with Gasteiger partial charge in [0.1, 0.15) is 0 Å². The first-order valence-electron chi connectivity index (χ1n) is 8.07. The number of rotatable bonds is 3. The predicted octanol–water partition coefficient (Wildman–Crippen LogP) is -1.78. The summed E-state index contributed by atoms with van der Waals surface area (Å²) in [5.74, 6) is 0. The molecule has 0 bridgehead atoms. The number of piperazine rings is 2. The first kappa shape index (κ1) is 13.4. The molecule has 4 heterocycles.